The molecule has 20 heavy (non-hydrogen) atoms. The van der Waals surface area contributed by atoms with Gasteiger partial charge in [-0.1, -0.05) is 6.92 Å². The van der Waals surface area contributed by atoms with Crippen molar-refractivity contribution in [3.63, 3.8) is 0 Å². The van der Waals surface area contributed by atoms with Gasteiger partial charge < -0.3 is 15.8 Å². The smallest absolute Gasteiger partial charge is 0.234 e. The minimum Gasteiger partial charge on any atom is -0.383 e. The highest BCUT2D eigenvalue weighted by Crippen LogP contribution is 2.22. The van der Waals surface area contributed by atoms with E-state index in [-0.39, 0.29) is 11.9 Å². The number of carbonyl (C=O) groups is 1. The van der Waals surface area contributed by atoms with Crippen molar-refractivity contribution in [1.82, 2.24) is 10.2 Å². The molecule has 0 bridgehead atoms. The van der Waals surface area contributed by atoms with E-state index in [4.69, 9.17) is 10.5 Å². The first-order valence-electron chi connectivity index (χ1n) is 7.84. The van der Waals surface area contributed by atoms with E-state index < -0.39 is 0 Å². The fourth-order valence-electron chi connectivity index (χ4n) is 2.94. The van der Waals surface area contributed by atoms with Crippen LogP contribution in [-0.4, -0.2) is 55.7 Å². The standard InChI is InChI=1S/C15H31N3O2/c1-4-9-18(14-7-5-13(16)6-8-14)10-15(19)17-12(2)11-20-3/h12-14H,4-11,16H2,1-3H3,(H,17,19). The molecule has 0 aromatic carbocycles. The van der Waals surface area contributed by atoms with Crippen LogP contribution in [0.3, 0.4) is 0 Å². The summed E-state index contributed by atoms with van der Waals surface area (Å²) in [6.45, 7) is 6.14. The second-order valence-corrected chi connectivity index (χ2v) is 5.96. The van der Waals surface area contributed by atoms with E-state index in [9.17, 15) is 4.79 Å². The molecule has 1 fully saturated rings. The monoisotopic (exact) mass is 285 g/mol. The van der Waals surface area contributed by atoms with E-state index in [1.54, 1.807) is 7.11 Å². The predicted molar refractivity (Wildman–Crippen MR) is 81.6 cm³/mol. The number of nitrogens with one attached hydrogen (secondary N) is 1. The third kappa shape index (κ3) is 6.20. The summed E-state index contributed by atoms with van der Waals surface area (Å²) < 4.78 is 5.04. The summed E-state index contributed by atoms with van der Waals surface area (Å²) in [6, 6.07) is 0.930. The lowest BCUT2D eigenvalue weighted by molar-refractivity contribution is -0.124. The Balaban J connectivity index is 2.43. The molecule has 0 radical (unpaired) electrons. The highest BCUT2D eigenvalue weighted by molar-refractivity contribution is 5.78. The quantitative estimate of drug-likeness (QED) is 0.701. The molecule has 1 amide bonds. The van der Waals surface area contributed by atoms with Crippen LogP contribution in [0.5, 0.6) is 0 Å². The van der Waals surface area contributed by atoms with Crippen LogP contribution in [0.4, 0.5) is 0 Å². The minimum absolute atomic E-state index is 0.0655. The molecule has 0 heterocycles. The molecule has 5 heteroatoms. The van der Waals surface area contributed by atoms with Gasteiger partial charge in [0.2, 0.25) is 5.91 Å². The maximum atomic E-state index is 12.1. The third-order valence-corrected chi connectivity index (χ3v) is 3.94. The molecule has 0 aliphatic heterocycles. The maximum Gasteiger partial charge on any atom is 0.234 e. The highest BCUT2D eigenvalue weighted by atomic mass is 16.5. The van der Waals surface area contributed by atoms with Crippen molar-refractivity contribution in [2.24, 2.45) is 5.73 Å². The molecule has 1 saturated carbocycles. The van der Waals surface area contributed by atoms with Crippen LogP contribution in [0, 0.1) is 0 Å². The van der Waals surface area contributed by atoms with Crippen LogP contribution in [0.1, 0.15) is 46.0 Å². The first-order valence-corrected chi connectivity index (χ1v) is 7.84. The zero-order chi connectivity index (χ0) is 15.0. The summed E-state index contributed by atoms with van der Waals surface area (Å²) >= 11 is 0. The molecule has 1 atom stereocenters. The topological polar surface area (TPSA) is 67.6 Å². The Morgan fingerprint density at radius 3 is 2.60 bits per heavy atom. The van der Waals surface area contributed by atoms with E-state index in [1.807, 2.05) is 6.92 Å². The molecule has 1 aliphatic carbocycles. The molecule has 5 nitrogen and oxygen atoms in total. The second-order valence-electron chi connectivity index (χ2n) is 5.96. The zero-order valence-corrected chi connectivity index (χ0v) is 13.2. The van der Waals surface area contributed by atoms with Gasteiger partial charge in [0.1, 0.15) is 0 Å². The van der Waals surface area contributed by atoms with Crippen LogP contribution in [-0.2, 0) is 9.53 Å². The van der Waals surface area contributed by atoms with Crippen molar-refractivity contribution in [2.45, 2.75) is 64.1 Å². The van der Waals surface area contributed by atoms with Crippen molar-refractivity contribution >= 4 is 5.91 Å². The molecule has 0 aromatic heterocycles. The summed E-state index contributed by atoms with van der Waals surface area (Å²) in [6.07, 6.45) is 5.45. The van der Waals surface area contributed by atoms with Crippen molar-refractivity contribution in [1.29, 1.82) is 0 Å². The Morgan fingerprint density at radius 2 is 2.05 bits per heavy atom. The number of ether oxygens (including phenoxy) is 1. The lowest BCUT2D eigenvalue weighted by atomic mass is 9.90. The molecule has 0 spiro atoms. The van der Waals surface area contributed by atoms with E-state index in [0.29, 0.717) is 25.2 Å². The van der Waals surface area contributed by atoms with E-state index in [2.05, 4.69) is 17.1 Å². The number of nitrogens with zero attached hydrogens (tertiary/aromatic N) is 1. The number of carbonyl (C=O) groups excluding carboxylic acids is 1. The van der Waals surface area contributed by atoms with Crippen LogP contribution in [0.25, 0.3) is 0 Å². The van der Waals surface area contributed by atoms with E-state index in [1.165, 1.54) is 0 Å². The number of nitrogens with two attached hydrogens (primary N) is 1. The highest BCUT2D eigenvalue weighted by Gasteiger charge is 2.25. The largest absolute Gasteiger partial charge is 0.383 e. The fourth-order valence-corrected chi connectivity index (χ4v) is 2.94. The fraction of sp³-hybridized carbons (Fsp3) is 0.933. The SMILES string of the molecule is CCCN(CC(=O)NC(C)COC)C1CCC(N)CC1. The summed E-state index contributed by atoms with van der Waals surface area (Å²) in [5, 5.41) is 2.99. The number of hydrogen-bond donors (Lipinski definition) is 2. The van der Waals surface area contributed by atoms with Crippen LogP contribution in [0.15, 0.2) is 0 Å². The third-order valence-electron chi connectivity index (χ3n) is 3.94. The molecule has 3 N–H and O–H groups in total. The maximum absolute atomic E-state index is 12.1. The van der Waals surface area contributed by atoms with Gasteiger partial charge >= 0.3 is 0 Å². The molecular weight excluding hydrogens is 254 g/mol. The average Bonchev–Trinajstić information content (AvgIpc) is 2.39. The molecule has 118 valence electrons. The lowest BCUT2D eigenvalue weighted by Gasteiger charge is -2.35. The van der Waals surface area contributed by atoms with E-state index >= 15 is 0 Å². The summed E-state index contributed by atoms with van der Waals surface area (Å²) in [5.74, 6) is 0.0953. The van der Waals surface area contributed by atoms with Crippen molar-refractivity contribution < 1.29 is 9.53 Å². The summed E-state index contributed by atoms with van der Waals surface area (Å²) in [7, 11) is 1.65. The number of methoxy groups -OCH3 is 1. The van der Waals surface area contributed by atoms with Gasteiger partial charge in [0.25, 0.3) is 0 Å². The van der Waals surface area contributed by atoms with Gasteiger partial charge in [0, 0.05) is 25.2 Å². The number of hydrogen-bond acceptors (Lipinski definition) is 4. The molecule has 0 saturated heterocycles. The second kappa shape index (κ2) is 9.32. The normalized spacial score (nSPS) is 24.6. The Hall–Kier alpha value is -0.650. The number of rotatable bonds is 8. The first-order chi connectivity index (χ1) is 9.56. The van der Waals surface area contributed by atoms with Crippen molar-refractivity contribution in [3.05, 3.63) is 0 Å². The van der Waals surface area contributed by atoms with Gasteiger partial charge in [-0.25, -0.2) is 0 Å². The Kier molecular flexibility index (Phi) is 8.11. The summed E-state index contributed by atoms with van der Waals surface area (Å²) in [5.41, 5.74) is 5.96. The Labute approximate surface area is 123 Å². The molecule has 1 unspecified atom stereocenters. The Bertz CT molecular complexity index is 278. The number of amides is 1. The summed E-state index contributed by atoms with van der Waals surface area (Å²) in [4.78, 5) is 14.4. The Morgan fingerprint density at radius 1 is 1.40 bits per heavy atom. The lowest BCUT2D eigenvalue weighted by Crippen LogP contribution is -2.48. The first kappa shape index (κ1) is 17.4. The van der Waals surface area contributed by atoms with Crippen LogP contribution < -0.4 is 11.1 Å². The average molecular weight is 285 g/mol. The van der Waals surface area contributed by atoms with Crippen molar-refractivity contribution in [3.8, 4) is 0 Å². The molecule has 0 aromatic rings. The zero-order valence-electron chi connectivity index (χ0n) is 13.2. The van der Waals surface area contributed by atoms with Crippen molar-refractivity contribution in [2.75, 3.05) is 26.8 Å². The molecule has 1 rings (SSSR count). The van der Waals surface area contributed by atoms with E-state index in [0.717, 1.165) is 38.6 Å². The van der Waals surface area contributed by atoms with Gasteiger partial charge in [0.05, 0.1) is 13.2 Å². The van der Waals surface area contributed by atoms with Gasteiger partial charge in [-0.15, -0.1) is 0 Å². The van der Waals surface area contributed by atoms with Crippen LogP contribution >= 0.6 is 0 Å². The molecular formula is C15H31N3O2. The van der Waals surface area contributed by atoms with Gasteiger partial charge in [-0.3, -0.25) is 9.69 Å². The van der Waals surface area contributed by atoms with Gasteiger partial charge in [-0.2, -0.15) is 0 Å². The van der Waals surface area contributed by atoms with Crippen LogP contribution in [0.2, 0.25) is 0 Å². The van der Waals surface area contributed by atoms with Gasteiger partial charge in [0.15, 0.2) is 0 Å². The predicted octanol–water partition coefficient (Wildman–Crippen LogP) is 1.12. The minimum atomic E-state index is 0.0655. The van der Waals surface area contributed by atoms with Gasteiger partial charge in [-0.05, 0) is 45.6 Å². The molecule has 1 aliphatic rings.